The number of thiazole rings is 1. The molecule has 0 fully saturated rings. The van der Waals surface area contributed by atoms with Crippen LogP contribution in [0, 0.1) is 0 Å². The van der Waals surface area contributed by atoms with Gasteiger partial charge in [-0.1, -0.05) is 60.7 Å². The fraction of sp³-hybridized carbons (Fsp3) is 0.0500. The van der Waals surface area contributed by atoms with Gasteiger partial charge in [-0.2, -0.15) is 4.99 Å². The summed E-state index contributed by atoms with van der Waals surface area (Å²) in [7, 11) is 0. The fourth-order valence-corrected chi connectivity index (χ4v) is 3.52. The van der Waals surface area contributed by atoms with Crippen molar-refractivity contribution in [2.45, 2.75) is 6.54 Å². The van der Waals surface area contributed by atoms with E-state index in [1.54, 1.807) is 29.8 Å². The van der Waals surface area contributed by atoms with Gasteiger partial charge in [0.15, 0.2) is 4.80 Å². The molecule has 0 aliphatic carbocycles. The van der Waals surface area contributed by atoms with E-state index in [9.17, 15) is 0 Å². The van der Waals surface area contributed by atoms with Crippen molar-refractivity contribution in [1.29, 1.82) is 0 Å². The lowest BCUT2D eigenvalue weighted by molar-refractivity contribution is 0.775. The first-order chi connectivity index (χ1) is 12.4. The summed E-state index contributed by atoms with van der Waals surface area (Å²) in [4.78, 5) is 14.0. The number of hydrogen-bond donors (Lipinski definition) is 0. The highest BCUT2D eigenvalue weighted by molar-refractivity contribution is 7.07. The second kappa shape index (κ2) is 7.23. The van der Waals surface area contributed by atoms with Crippen LogP contribution in [-0.4, -0.2) is 14.5 Å². The van der Waals surface area contributed by atoms with Crippen molar-refractivity contribution in [2.24, 2.45) is 4.99 Å². The zero-order valence-corrected chi connectivity index (χ0v) is 14.3. The van der Waals surface area contributed by atoms with Gasteiger partial charge < -0.3 is 4.57 Å². The second-order valence-corrected chi connectivity index (χ2v) is 6.34. The van der Waals surface area contributed by atoms with Gasteiger partial charge in [-0.3, -0.25) is 0 Å². The standard InChI is InChI=1S/C20H16N4S/c1-3-8-16(9-4-1)14-24-18(17-10-5-2-6-11-17)15-25-20(24)23-19-21-12-7-13-22-19/h1-13,15H,14H2/b23-20-. The Labute approximate surface area is 149 Å². The molecule has 4 aromatic rings. The predicted octanol–water partition coefficient (Wildman–Crippen LogP) is 4.29. The van der Waals surface area contributed by atoms with E-state index in [0.717, 1.165) is 17.0 Å². The van der Waals surface area contributed by atoms with E-state index in [-0.39, 0.29) is 0 Å². The van der Waals surface area contributed by atoms with Crippen LogP contribution in [0.1, 0.15) is 5.56 Å². The van der Waals surface area contributed by atoms with Gasteiger partial charge in [0.1, 0.15) is 0 Å². The molecule has 0 radical (unpaired) electrons. The topological polar surface area (TPSA) is 43.1 Å². The first kappa shape index (κ1) is 15.5. The Bertz CT molecular complexity index is 1010. The van der Waals surface area contributed by atoms with Gasteiger partial charge in [-0.05, 0) is 17.2 Å². The van der Waals surface area contributed by atoms with Crippen LogP contribution in [0.3, 0.4) is 0 Å². The van der Waals surface area contributed by atoms with Crippen molar-refractivity contribution in [2.75, 3.05) is 0 Å². The first-order valence-corrected chi connectivity index (χ1v) is 8.87. The minimum absolute atomic E-state index is 0.478. The van der Waals surface area contributed by atoms with E-state index >= 15 is 0 Å². The Kier molecular flexibility index (Phi) is 4.48. The van der Waals surface area contributed by atoms with Crippen LogP contribution in [-0.2, 0) is 6.54 Å². The highest BCUT2D eigenvalue weighted by atomic mass is 32.1. The lowest BCUT2D eigenvalue weighted by Gasteiger charge is -2.09. The molecule has 0 unspecified atom stereocenters. The molecule has 2 aromatic carbocycles. The summed E-state index contributed by atoms with van der Waals surface area (Å²) in [6.45, 7) is 0.750. The van der Waals surface area contributed by atoms with Gasteiger partial charge in [-0.15, -0.1) is 11.3 Å². The predicted molar refractivity (Wildman–Crippen MR) is 101 cm³/mol. The summed E-state index contributed by atoms with van der Waals surface area (Å²) in [5.41, 5.74) is 3.54. The third-order valence-electron chi connectivity index (χ3n) is 3.80. The highest BCUT2D eigenvalue weighted by Crippen LogP contribution is 2.21. The van der Waals surface area contributed by atoms with Gasteiger partial charge in [0.05, 0.1) is 12.2 Å². The van der Waals surface area contributed by atoms with E-state index in [4.69, 9.17) is 0 Å². The van der Waals surface area contributed by atoms with Crippen LogP contribution in [0.25, 0.3) is 11.3 Å². The lowest BCUT2D eigenvalue weighted by Crippen LogP contribution is -2.16. The Balaban J connectivity index is 1.85. The SMILES string of the molecule is c1ccc(Cn2c(-c3ccccc3)cs/c2=N\c2ncccn2)cc1. The van der Waals surface area contributed by atoms with Gasteiger partial charge >= 0.3 is 0 Å². The van der Waals surface area contributed by atoms with Crippen LogP contribution >= 0.6 is 11.3 Å². The Morgan fingerprint density at radius 1 is 0.840 bits per heavy atom. The van der Waals surface area contributed by atoms with Crippen LogP contribution in [0.4, 0.5) is 5.95 Å². The summed E-state index contributed by atoms with van der Waals surface area (Å²) < 4.78 is 2.21. The molecule has 0 bridgehead atoms. The minimum atomic E-state index is 0.478. The maximum atomic E-state index is 4.64. The lowest BCUT2D eigenvalue weighted by atomic mass is 10.1. The van der Waals surface area contributed by atoms with Crippen molar-refractivity contribution in [3.05, 3.63) is 94.9 Å². The van der Waals surface area contributed by atoms with Crippen LogP contribution in [0.15, 0.2) is 89.5 Å². The Morgan fingerprint density at radius 2 is 1.52 bits per heavy atom. The number of benzene rings is 2. The molecule has 25 heavy (non-hydrogen) atoms. The third kappa shape index (κ3) is 3.56. The molecule has 2 aromatic heterocycles. The smallest absolute Gasteiger partial charge is 0.251 e. The molecule has 0 spiro atoms. The van der Waals surface area contributed by atoms with E-state index in [2.05, 4.69) is 73.4 Å². The van der Waals surface area contributed by atoms with Crippen molar-refractivity contribution in [3.63, 3.8) is 0 Å². The molecule has 5 heteroatoms. The van der Waals surface area contributed by atoms with Crippen LogP contribution in [0.5, 0.6) is 0 Å². The van der Waals surface area contributed by atoms with Crippen LogP contribution < -0.4 is 4.80 Å². The average molecular weight is 344 g/mol. The number of aromatic nitrogens is 3. The summed E-state index contributed by atoms with van der Waals surface area (Å²) in [6, 6.07) is 22.6. The van der Waals surface area contributed by atoms with E-state index < -0.39 is 0 Å². The third-order valence-corrected chi connectivity index (χ3v) is 4.66. The van der Waals surface area contributed by atoms with Gasteiger partial charge in [0.2, 0.25) is 0 Å². The largest absolute Gasteiger partial charge is 0.312 e. The average Bonchev–Trinajstić information content (AvgIpc) is 3.06. The fourth-order valence-electron chi connectivity index (χ4n) is 2.61. The molecule has 0 saturated carbocycles. The highest BCUT2D eigenvalue weighted by Gasteiger charge is 2.09. The van der Waals surface area contributed by atoms with Crippen molar-refractivity contribution >= 4 is 17.3 Å². The normalized spacial score (nSPS) is 11.6. The van der Waals surface area contributed by atoms with E-state index in [1.807, 2.05) is 12.1 Å². The Hall–Kier alpha value is -3.05. The monoisotopic (exact) mass is 344 g/mol. The van der Waals surface area contributed by atoms with Gasteiger partial charge in [-0.25, -0.2) is 9.97 Å². The molecular weight excluding hydrogens is 328 g/mol. The number of hydrogen-bond acceptors (Lipinski definition) is 4. The number of nitrogens with zero attached hydrogens (tertiary/aromatic N) is 4. The summed E-state index contributed by atoms with van der Waals surface area (Å²) in [6.07, 6.45) is 3.41. The molecule has 2 heterocycles. The minimum Gasteiger partial charge on any atom is -0.312 e. The Morgan fingerprint density at radius 3 is 2.24 bits per heavy atom. The molecule has 0 aliphatic heterocycles. The van der Waals surface area contributed by atoms with E-state index in [0.29, 0.717) is 5.95 Å². The summed E-state index contributed by atoms with van der Waals surface area (Å²) in [5, 5.41) is 2.14. The van der Waals surface area contributed by atoms with E-state index in [1.165, 1.54) is 11.1 Å². The van der Waals surface area contributed by atoms with Crippen molar-refractivity contribution in [3.8, 4) is 11.3 Å². The first-order valence-electron chi connectivity index (χ1n) is 7.99. The molecule has 122 valence electrons. The second-order valence-electron chi connectivity index (χ2n) is 5.50. The van der Waals surface area contributed by atoms with Gasteiger partial charge in [0, 0.05) is 17.8 Å². The molecular formula is C20H16N4S. The quantitative estimate of drug-likeness (QED) is 0.554. The molecule has 0 N–H and O–H groups in total. The molecule has 0 aliphatic rings. The number of rotatable bonds is 4. The molecule has 0 atom stereocenters. The molecule has 0 saturated heterocycles. The van der Waals surface area contributed by atoms with Crippen molar-refractivity contribution in [1.82, 2.24) is 14.5 Å². The zero-order valence-electron chi connectivity index (χ0n) is 13.5. The molecule has 4 rings (SSSR count). The zero-order chi connectivity index (χ0) is 16.9. The molecule has 4 nitrogen and oxygen atoms in total. The maximum absolute atomic E-state index is 4.64. The van der Waals surface area contributed by atoms with Crippen molar-refractivity contribution < 1.29 is 0 Å². The maximum Gasteiger partial charge on any atom is 0.251 e. The molecule has 0 amide bonds. The summed E-state index contributed by atoms with van der Waals surface area (Å²) in [5.74, 6) is 0.478. The van der Waals surface area contributed by atoms with Gasteiger partial charge in [0.25, 0.3) is 5.95 Å². The summed E-state index contributed by atoms with van der Waals surface area (Å²) >= 11 is 1.60. The van der Waals surface area contributed by atoms with Crippen LogP contribution in [0.2, 0.25) is 0 Å².